The molecule has 1 aliphatic heterocycles. The highest BCUT2D eigenvalue weighted by Gasteiger charge is 2.20. The molecular weight excluding hydrogens is 444 g/mol. The van der Waals surface area contributed by atoms with Crippen molar-refractivity contribution in [2.75, 3.05) is 44.7 Å². The van der Waals surface area contributed by atoms with E-state index in [0.717, 1.165) is 61.2 Å². The third-order valence-corrected chi connectivity index (χ3v) is 6.02. The van der Waals surface area contributed by atoms with E-state index in [-0.39, 0.29) is 18.0 Å². The second-order valence-electron chi connectivity index (χ2n) is 8.46. The summed E-state index contributed by atoms with van der Waals surface area (Å²) in [4.78, 5) is 35.8. The van der Waals surface area contributed by atoms with Gasteiger partial charge >= 0.3 is 6.03 Å². The molecule has 35 heavy (non-hydrogen) atoms. The molecule has 1 atom stereocenters. The number of carbonyl (C=O) groups excluding carboxylic acids is 2. The minimum Gasteiger partial charge on any atom is -0.379 e. The molecule has 3 aromatic rings. The Bertz CT molecular complexity index is 1130. The molecule has 1 fully saturated rings. The Morgan fingerprint density at radius 3 is 2.71 bits per heavy atom. The first-order chi connectivity index (χ1) is 17.1. The first-order valence-electron chi connectivity index (χ1n) is 12.1. The summed E-state index contributed by atoms with van der Waals surface area (Å²) in [6, 6.07) is 10.9. The van der Waals surface area contributed by atoms with Crippen molar-refractivity contribution in [2.45, 2.75) is 25.8 Å². The summed E-state index contributed by atoms with van der Waals surface area (Å²) in [5.74, 6) is 0.466. The minimum atomic E-state index is -0.346. The van der Waals surface area contributed by atoms with E-state index in [2.05, 4.69) is 30.8 Å². The van der Waals surface area contributed by atoms with Crippen LogP contribution in [0.25, 0.3) is 10.8 Å². The first-order valence-corrected chi connectivity index (χ1v) is 12.1. The Morgan fingerprint density at radius 1 is 1.14 bits per heavy atom. The molecule has 2 aromatic heterocycles. The molecule has 0 bridgehead atoms. The van der Waals surface area contributed by atoms with Crippen molar-refractivity contribution < 1.29 is 14.3 Å². The molecule has 3 heterocycles. The second kappa shape index (κ2) is 12.2. The average Bonchev–Trinajstić information content (AvgIpc) is 2.88. The summed E-state index contributed by atoms with van der Waals surface area (Å²) < 4.78 is 5.40. The van der Waals surface area contributed by atoms with E-state index >= 15 is 0 Å². The van der Waals surface area contributed by atoms with Crippen LogP contribution in [0.2, 0.25) is 0 Å². The Hall–Kier alpha value is -3.56. The summed E-state index contributed by atoms with van der Waals surface area (Å²) in [5, 5.41) is 10.5. The Balaban J connectivity index is 1.52. The number of aromatic nitrogens is 2. The van der Waals surface area contributed by atoms with Crippen LogP contribution in [-0.4, -0.2) is 66.2 Å². The summed E-state index contributed by atoms with van der Waals surface area (Å²) in [6.07, 6.45) is 6.43. The number of urea groups is 1. The number of anilines is 1. The van der Waals surface area contributed by atoms with Crippen molar-refractivity contribution in [3.8, 4) is 0 Å². The molecule has 9 heteroatoms. The topological polar surface area (TPSA) is 108 Å². The lowest BCUT2D eigenvalue weighted by Crippen LogP contribution is -2.37. The van der Waals surface area contributed by atoms with Crippen LogP contribution in [-0.2, 0) is 9.53 Å². The van der Waals surface area contributed by atoms with Crippen LogP contribution < -0.4 is 16.0 Å². The number of nitrogens with zero attached hydrogens (tertiary/aromatic N) is 3. The Morgan fingerprint density at radius 2 is 1.94 bits per heavy atom. The number of amides is 3. The lowest BCUT2D eigenvalue weighted by Gasteiger charge is -2.26. The fraction of sp³-hybridized carbons (Fsp3) is 0.385. The van der Waals surface area contributed by atoms with E-state index in [4.69, 9.17) is 4.74 Å². The number of ether oxygens (including phenoxy) is 1. The number of nitrogens with one attached hydrogen (secondary N) is 3. The zero-order chi connectivity index (χ0) is 24.5. The predicted molar refractivity (Wildman–Crippen MR) is 135 cm³/mol. The van der Waals surface area contributed by atoms with Crippen molar-refractivity contribution in [1.29, 1.82) is 0 Å². The van der Waals surface area contributed by atoms with Crippen molar-refractivity contribution in [1.82, 2.24) is 25.5 Å². The molecule has 0 unspecified atom stereocenters. The molecule has 1 aromatic carbocycles. The highest BCUT2D eigenvalue weighted by Crippen LogP contribution is 2.29. The van der Waals surface area contributed by atoms with Crippen LogP contribution in [0.5, 0.6) is 0 Å². The lowest BCUT2D eigenvalue weighted by molar-refractivity contribution is -0.121. The number of morpholine rings is 1. The fourth-order valence-corrected chi connectivity index (χ4v) is 4.25. The molecule has 0 spiro atoms. The van der Waals surface area contributed by atoms with Crippen LogP contribution in [0.1, 0.15) is 36.9 Å². The van der Waals surface area contributed by atoms with Crippen LogP contribution in [0.3, 0.4) is 0 Å². The SMILES string of the molecule is CCNC(=O)Nc1cc2cccc([C@@H](NC(=O)CCCN3CCOCC3)c3ccncc3)c2cn1. The lowest BCUT2D eigenvalue weighted by atomic mass is 9.95. The summed E-state index contributed by atoms with van der Waals surface area (Å²) in [5.41, 5.74) is 1.88. The third kappa shape index (κ3) is 6.74. The van der Waals surface area contributed by atoms with Gasteiger partial charge in [0.1, 0.15) is 5.82 Å². The maximum Gasteiger partial charge on any atom is 0.320 e. The number of rotatable bonds is 9. The van der Waals surface area contributed by atoms with E-state index < -0.39 is 0 Å². The summed E-state index contributed by atoms with van der Waals surface area (Å²) >= 11 is 0. The van der Waals surface area contributed by atoms with E-state index in [1.807, 2.05) is 43.3 Å². The second-order valence-corrected chi connectivity index (χ2v) is 8.46. The smallest absolute Gasteiger partial charge is 0.320 e. The van der Waals surface area contributed by atoms with Gasteiger partial charge in [-0.1, -0.05) is 18.2 Å². The van der Waals surface area contributed by atoms with Crippen LogP contribution in [0.4, 0.5) is 10.6 Å². The average molecular weight is 477 g/mol. The molecule has 0 aliphatic carbocycles. The number of fused-ring (bicyclic) bond motifs is 1. The van der Waals surface area contributed by atoms with Gasteiger partial charge in [-0.05, 0) is 54.6 Å². The van der Waals surface area contributed by atoms with Gasteiger partial charge in [-0.25, -0.2) is 9.78 Å². The van der Waals surface area contributed by atoms with Gasteiger partial charge < -0.3 is 15.4 Å². The third-order valence-electron chi connectivity index (χ3n) is 6.02. The first kappa shape index (κ1) is 24.6. The highest BCUT2D eigenvalue weighted by molar-refractivity contribution is 5.93. The molecule has 0 saturated carbocycles. The monoisotopic (exact) mass is 476 g/mol. The van der Waals surface area contributed by atoms with Gasteiger partial charge in [0.05, 0.1) is 19.3 Å². The summed E-state index contributed by atoms with van der Waals surface area (Å²) in [7, 11) is 0. The molecule has 9 nitrogen and oxygen atoms in total. The minimum absolute atomic E-state index is 0.000410. The number of benzene rings is 1. The zero-order valence-electron chi connectivity index (χ0n) is 20.0. The van der Waals surface area contributed by atoms with Crippen LogP contribution >= 0.6 is 0 Å². The molecule has 4 rings (SSSR count). The zero-order valence-corrected chi connectivity index (χ0v) is 20.0. The van der Waals surface area contributed by atoms with Gasteiger partial charge in [-0.3, -0.25) is 20.0 Å². The molecular formula is C26H32N6O3. The molecule has 1 saturated heterocycles. The van der Waals surface area contributed by atoms with Gasteiger partial charge in [-0.2, -0.15) is 0 Å². The van der Waals surface area contributed by atoms with E-state index in [1.54, 1.807) is 18.6 Å². The molecule has 0 radical (unpaired) electrons. The van der Waals surface area contributed by atoms with E-state index in [1.165, 1.54) is 0 Å². The quantitative estimate of drug-likeness (QED) is 0.438. The van der Waals surface area contributed by atoms with Gasteiger partial charge in [0.25, 0.3) is 0 Å². The molecule has 184 valence electrons. The van der Waals surface area contributed by atoms with Gasteiger partial charge in [-0.15, -0.1) is 0 Å². The van der Waals surface area contributed by atoms with Crippen LogP contribution in [0.15, 0.2) is 55.0 Å². The van der Waals surface area contributed by atoms with E-state index in [9.17, 15) is 9.59 Å². The van der Waals surface area contributed by atoms with Crippen LogP contribution in [0, 0.1) is 0 Å². The largest absolute Gasteiger partial charge is 0.379 e. The Kier molecular flexibility index (Phi) is 8.58. The normalized spacial score (nSPS) is 14.9. The number of pyridine rings is 2. The highest BCUT2D eigenvalue weighted by atomic mass is 16.5. The molecule has 3 amide bonds. The number of hydrogen-bond acceptors (Lipinski definition) is 6. The van der Waals surface area contributed by atoms with Gasteiger partial charge in [0.2, 0.25) is 5.91 Å². The van der Waals surface area contributed by atoms with Crippen molar-refractivity contribution in [3.63, 3.8) is 0 Å². The Labute approximate surface area is 205 Å². The van der Waals surface area contributed by atoms with Crippen molar-refractivity contribution in [3.05, 3.63) is 66.1 Å². The predicted octanol–water partition coefficient (Wildman–Crippen LogP) is 3.09. The number of carbonyl (C=O) groups is 2. The maximum absolute atomic E-state index is 13.0. The number of hydrogen-bond donors (Lipinski definition) is 3. The molecule has 3 N–H and O–H groups in total. The fourth-order valence-electron chi connectivity index (χ4n) is 4.25. The van der Waals surface area contributed by atoms with E-state index in [0.29, 0.717) is 18.8 Å². The molecule has 1 aliphatic rings. The maximum atomic E-state index is 13.0. The van der Waals surface area contributed by atoms with Crippen molar-refractivity contribution in [2.24, 2.45) is 0 Å². The van der Waals surface area contributed by atoms with Gasteiger partial charge in [0, 0.05) is 50.0 Å². The van der Waals surface area contributed by atoms with Gasteiger partial charge in [0.15, 0.2) is 0 Å². The van der Waals surface area contributed by atoms with Crippen molar-refractivity contribution >= 4 is 28.5 Å². The summed E-state index contributed by atoms with van der Waals surface area (Å²) in [6.45, 7) is 6.62. The standard InChI is InChI=1S/C26H32N6O3/c1-2-28-26(34)30-23-17-20-5-3-6-21(22(20)18-29-23)25(19-8-10-27-11-9-19)31-24(33)7-4-12-32-13-15-35-16-14-32/h3,5-6,8-11,17-18,25H,2,4,7,12-16H2,1H3,(H,31,33)(H2,28,29,30,34)/t25-/m0/s1.